The van der Waals surface area contributed by atoms with Crippen LogP contribution in [0.4, 0.5) is 11.5 Å². The highest BCUT2D eigenvalue weighted by molar-refractivity contribution is 6.06. The first kappa shape index (κ1) is 23.4. The number of hydrogen-bond donors (Lipinski definition) is 2. The number of fused-ring (bicyclic) bond motifs is 2. The zero-order valence-electron chi connectivity index (χ0n) is 21.1. The van der Waals surface area contributed by atoms with E-state index in [9.17, 15) is 4.79 Å². The second kappa shape index (κ2) is 9.45. The third-order valence-corrected chi connectivity index (χ3v) is 6.70. The van der Waals surface area contributed by atoms with Gasteiger partial charge in [-0.05, 0) is 38.4 Å². The average Bonchev–Trinajstić information content (AvgIpc) is 3.62. The maximum absolute atomic E-state index is 12.9. The summed E-state index contributed by atoms with van der Waals surface area (Å²) in [5.74, 6) is 1.24. The number of pyridine rings is 3. The molecule has 0 saturated carbocycles. The fraction of sp³-hybridized carbons (Fsp3) is 0.333. The quantitative estimate of drug-likeness (QED) is 0.399. The first-order valence-corrected chi connectivity index (χ1v) is 12.3. The van der Waals surface area contributed by atoms with Crippen LogP contribution < -0.4 is 15.4 Å². The van der Waals surface area contributed by atoms with E-state index in [1.54, 1.807) is 12.4 Å². The van der Waals surface area contributed by atoms with Gasteiger partial charge in [-0.2, -0.15) is 0 Å². The number of carbonyl (C=O) groups is 1. The molecule has 0 radical (unpaired) electrons. The average molecular weight is 500 g/mol. The van der Waals surface area contributed by atoms with E-state index in [0.717, 1.165) is 45.7 Å². The summed E-state index contributed by atoms with van der Waals surface area (Å²) in [6.45, 7) is 2.33. The summed E-state index contributed by atoms with van der Waals surface area (Å²) in [6.07, 6.45) is 6.37. The Labute approximate surface area is 214 Å². The minimum atomic E-state index is -0.130. The van der Waals surface area contributed by atoms with Crippen molar-refractivity contribution in [1.29, 1.82) is 0 Å². The predicted octanol–water partition coefficient (Wildman–Crippen LogP) is 3.25. The van der Waals surface area contributed by atoms with Gasteiger partial charge in [-0.3, -0.25) is 9.78 Å². The first-order chi connectivity index (χ1) is 18.0. The van der Waals surface area contributed by atoms with Crippen molar-refractivity contribution in [3.8, 4) is 17.0 Å². The van der Waals surface area contributed by atoms with Crippen molar-refractivity contribution in [2.75, 3.05) is 32.6 Å². The molecule has 2 aliphatic heterocycles. The SMILES string of the molecule is CN(C)Cc1nc(Nc2cnc(-c3ccnc4c3ccn4C)c3c2C(=O)NC3)ccc1O[C@H]1CCOC1. The number of hydrogen-bond acceptors (Lipinski definition) is 8. The van der Waals surface area contributed by atoms with Gasteiger partial charge < -0.3 is 29.6 Å². The van der Waals surface area contributed by atoms with Crippen molar-refractivity contribution >= 4 is 28.4 Å². The van der Waals surface area contributed by atoms with Crippen molar-refractivity contribution in [1.82, 2.24) is 29.7 Å². The molecule has 2 aliphatic rings. The summed E-state index contributed by atoms with van der Waals surface area (Å²) in [6, 6.07) is 7.77. The van der Waals surface area contributed by atoms with Crippen LogP contribution in [0.15, 0.2) is 42.9 Å². The molecular weight excluding hydrogens is 470 g/mol. The summed E-state index contributed by atoms with van der Waals surface area (Å²) in [7, 11) is 5.95. The third-order valence-electron chi connectivity index (χ3n) is 6.70. The van der Waals surface area contributed by atoms with E-state index in [2.05, 4.69) is 15.6 Å². The number of ether oxygens (including phenoxy) is 2. The highest BCUT2D eigenvalue weighted by atomic mass is 16.5. The van der Waals surface area contributed by atoms with E-state index in [1.165, 1.54) is 0 Å². The smallest absolute Gasteiger partial charge is 0.254 e. The molecule has 2 N–H and O–H groups in total. The van der Waals surface area contributed by atoms with Crippen LogP contribution in [0.1, 0.15) is 28.0 Å². The van der Waals surface area contributed by atoms with Crippen LogP contribution in [0, 0.1) is 0 Å². The van der Waals surface area contributed by atoms with Crippen molar-refractivity contribution in [2.45, 2.75) is 25.6 Å². The highest BCUT2D eigenvalue weighted by Crippen LogP contribution is 2.36. The molecule has 0 aromatic carbocycles. The molecule has 10 heteroatoms. The van der Waals surface area contributed by atoms with Gasteiger partial charge in [0.15, 0.2) is 0 Å². The van der Waals surface area contributed by atoms with Crippen molar-refractivity contribution in [3.63, 3.8) is 0 Å². The number of nitrogens with zero attached hydrogens (tertiary/aromatic N) is 5. The Bertz CT molecular complexity index is 1490. The normalized spacial score (nSPS) is 16.9. The summed E-state index contributed by atoms with van der Waals surface area (Å²) in [5, 5.41) is 7.30. The topological polar surface area (TPSA) is 106 Å². The van der Waals surface area contributed by atoms with Gasteiger partial charge in [-0.25, -0.2) is 9.97 Å². The maximum atomic E-state index is 12.9. The molecule has 6 rings (SSSR count). The van der Waals surface area contributed by atoms with Crippen LogP contribution in [-0.4, -0.2) is 63.7 Å². The van der Waals surface area contributed by atoms with Crippen LogP contribution in [-0.2, 0) is 24.9 Å². The lowest BCUT2D eigenvalue weighted by atomic mass is 10.0. The molecule has 4 aromatic rings. The van der Waals surface area contributed by atoms with Crippen LogP contribution >= 0.6 is 0 Å². The summed E-state index contributed by atoms with van der Waals surface area (Å²) in [4.78, 5) is 29.1. The van der Waals surface area contributed by atoms with Crippen molar-refractivity contribution < 1.29 is 14.3 Å². The molecule has 37 heavy (non-hydrogen) atoms. The molecule has 1 saturated heterocycles. The Balaban J connectivity index is 1.36. The minimum absolute atomic E-state index is 0.0366. The zero-order valence-corrected chi connectivity index (χ0v) is 21.1. The Morgan fingerprint density at radius 2 is 2.14 bits per heavy atom. The Morgan fingerprint density at radius 1 is 1.24 bits per heavy atom. The Morgan fingerprint density at radius 3 is 2.95 bits per heavy atom. The van der Waals surface area contributed by atoms with E-state index in [-0.39, 0.29) is 12.0 Å². The molecular formula is C27H29N7O3. The molecule has 190 valence electrons. The van der Waals surface area contributed by atoms with E-state index >= 15 is 0 Å². The van der Waals surface area contributed by atoms with Gasteiger partial charge in [0.1, 0.15) is 23.3 Å². The van der Waals surface area contributed by atoms with Crippen LogP contribution in [0.5, 0.6) is 5.75 Å². The molecule has 1 amide bonds. The van der Waals surface area contributed by atoms with E-state index < -0.39 is 0 Å². The van der Waals surface area contributed by atoms with Gasteiger partial charge in [0.05, 0.1) is 42.0 Å². The molecule has 10 nitrogen and oxygen atoms in total. The van der Waals surface area contributed by atoms with Crippen molar-refractivity contribution in [2.24, 2.45) is 7.05 Å². The molecule has 1 atom stereocenters. The highest BCUT2D eigenvalue weighted by Gasteiger charge is 2.28. The van der Waals surface area contributed by atoms with Gasteiger partial charge in [0.2, 0.25) is 0 Å². The number of aromatic nitrogens is 4. The molecule has 4 aromatic heterocycles. The van der Waals surface area contributed by atoms with Gasteiger partial charge >= 0.3 is 0 Å². The lowest BCUT2D eigenvalue weighted by molar-refractivity contribution is 0.0966. The summed E-state index contributed by atoms with van der Waals surface area (Å²) in [5.41, 5.74) is 5.49. The van der Waals surface area contributed by atoms with Crippen molar-refractivity contribution in [3.05, 3.63) is 59.7 Å². The molecule has 1 fully saturated rings. The number of anilines is 2. The fourth-order valence-corrected chi connectivity index (χ4v) is 4.94. The second-order valence-corrected chi connectivity index (χ2v) is 9.69. The number of aryl methyl sites for hydroxylation is 1. The van der Waals surface area contributed by atoms with E-state index in [1.807, 2.05) is 61.1 Å². The number of nitrogens with one attached hydrogen (secondary N) is 2. The molecule has 0 unspecified atom stereocenters. The van der Waals surface area contributed by atoms with E-state index in [4.69, 9.17) is 19.4 Å². The predicted molar refractivity (Wildman–Crippen MR) is 140 cm³/mol. The van der Waals surface area contributed by atoms with E-state index in [0.29, 0.717) is 43.4 Å². The molecule has 0 bridgehead atoms. The Kier molecular flexibility index (Phi) is 5.97. The lowest BCUT2D eigenvalue weighted by Gasteiger charge is -2.19. The van der Waals surface area contributed by atoms with Crippen LogP contribution in [0.3, 0.4) is 0 Å². The maximum Gasteiger partial charge on any atom is 0.254 e. The minimum Gasteiger partial charge on any atom is -0.486 e. The molecule has 0 aliphatic carbocycles. The fourth-order valence-electron chi connectivity index (χ4n) is 4.94. The zero-order chi connectivity index (χ0) is 25.5. The number of amides is 1. The molecule has 6 heterocycles. The van der Waals surface area contributed by atoms with Gasteiger partial charge in [-0.15, -0.1) is 0 Å². The van der Waals surface area contributed by atoms with Gasteiger partial charge in [0.25, 0.3) is 5.91 Å². The third kappa shape index (κ3) is 4.38. The largest absolute Gasteiger partial charge is 0.486 e. The van der Waals surface area contributed by atoms with Crippen LogP contribution in [0.2, 0.25) is 0 Å². The Hall–Kier alpha value is -4.02. The van der Waals surface area contributed by atoms with Gasteiger partial charge in [0, 0.05) is 55.5 Å². The summed E-state index contributed by atoms with van der Waals surface area (Å²) >= 11 is 0. The van der Waals surface area contributed by atoms with Crippen LogP contribution in [0.25, 0.3) is 22.3 Å². The summed E-state index contributed by atoms with van der Waals surface area (Å²) < 4.78 is 13.6. The number of rotatable bonds is 7. The standard InChI is InChI=1S/C27H29N7O3/c1-33(2)14-21-22(37-16-8-11-36-15-16)4-5-23(32-21)31-20-13-29-25(19-12-30-27(35)24(19)20)17-6-9-28-26-18(17)7-10-34(26)3/h4-7,9-10,13,16H,8,11-12,14-15H2,1-3H3,(H,30,35)(H,31,32)/t16-/m0/s1. The second-order valence-electron chi connectivity index (χ2n) is 9.69. The first-order valence-electron chi connectivity index (χ1n) is 12.3. The lowest BCUT2D eigenvalue weighted by Crippen LogP contribution is -2.19. The monoisotopic (exact) mass is 499 g/mol. The number of carbonyl (C=O) groups excluding carboxylic acids is 1. The molecule has 0 spiro atoms. The van der Waals surface area contributed by atoms with Gasteiger partial charge in [-0.1, -0.05) is 0 Å².